The summed E-state index contributed by atoms with van der Waals surface area (Å²) in [7, 11) is 1.65. The highest BCUT2D eigenvalue weighted by molar-refractivity contribution is 9.10. The number of benzene rings is 2. The highest BCUT2D eigenvalue weighted by atomic mass is 79.9. The van der Waals surface area contributed by atoms with Crippen molar-refractivity contribution in [3.8, 4) is 5.75 Å². The van der Waals surface area contributed by atoms with Gasteiger partial charge in [-0.1, -0.05) is 48.8 Å². The molecule has 2 rings (SSSR count). The van der Waals surface area contributed by atoms with Crippen LogP contribution in [0.25, 0.3) is 6.08 Å². The summed E-state index contributed by atoms with van der Waals surface area (Å²) < 4.78 is 6.56. The molecular formula is C20H22BrNO2. The Morgan fingerprint density at radius 3 is 2.50 bits per heavy atom. The normalized spacial score (nSPS) is 11.7. The Morgan fingerprint density at radius 2 is 1.92 bits per heavy atom. The maximum absolute atomic E-state index is 12.3. The van der Waals surface area contributed by atoms with Crippen LogP contribution < -0.4 is 10.5 Å². The minimum atomic E-state index is -0.0957. The standard InChI is InChI=1S/C20H22BrNO2/c1-20(2,3)17-12-15(21)10-14(19(17)24-4)8-9-18(23)13-6-5-7-16(22)11-13/h5-12H,22H2,1-4H3/b9-8+. The first-order valence-electron chi connectivity index (χ1n) is 7.68. The van der Waals surface area contributed by atoms with Crippen LogP contribution in [0.15, 0.2) is 46.9 Å². The molecule has 3 nitrogen and oxygen atoms in total. The Labute approximate surface area is 151 Å². The first-order valence-corrected chi connectivity index (χ1v) is 8.47. The second-order valence-corrected chi connectivity index (χ2v) is 7.56. The van der Waals surface area contributed by atoms with Gasteiger partial charge in [-0.15, -0.1) is 0 Å². The van der Waals surface area contributed by atoms with Gasteiger partial charge in [0.05, 0.1) is 7.11 Å². The first-order chi connectivity index (χ1) is 11.2. The molecule has 2 aromatic carbocycles. The molecule has 24 heavy (non-hydrogen) atoms. The molecular weight excluding hydrogens is 366 g/mol. The molecule has 0 atom stereocenters. The van der Waals surface area contributed by atoms with Crippen LogP contribution in [0.5, 0.6) is 5.75 Å². The van der Waals surface area contributed by atoms with Gasteiger partial charge in [0, 0.05) is 26.9 Å². The van der Waals surface area contributed by atoms with E-state index in [1.807, 2.05) is 6.07 Å². The first kappa shape index (κ1) is 18.3. The molecule has 0 bridgehead atoms. The summed E-state index contributed by atoms with van der Waals surface area (Å²) in [4.78, 5) is 12.3. The van der Waals surface area contributed by atoms with E-state index in [0.29, 0.717) is 11.3 Å². The van der Waals surface area contributed by atoms with Gasteiger partial charge in [0.2, 0.25) is 0 Å². The van der Waals surface area contributed by atoms with Crippen LogP contribution in [0.3, 0.4) is 0 Å². The number of hydrogen-bond donors (Lipinski definition) is 1. The van der Waals surface area contributed by atoms with Gasteiger partial charge in [0.25, 0.3) is 0 Å². The SMILES string of the molecule is COc1c(/C=C/C(=O)c2cccc(N)c2)cc(Br)cc1C(C)(C)C. The number of nitrogen functional groups attached to an aromatic ring is 1. The highest BCUT2D eigenvalue weighted by Crippen LogP contribution is 2.37. The number of nitrogens with two attached hydrogens (primary N) is 1. The van der Waals surface area contributed by atoms with Crippen LogP contribution >= 0.6 is 15.9 Å². The van der Waals surface area contributed by atoms with Gasteiger partial charge in [-0.05, 0) is 41.8 Å². The van der Waals surface area contributed by atoms with Crippen molar-refractivity contribution in [2.24, 2.45) is 0 Å². The summed E-state index contributed by atoms with van der Waals surface area (Å²) in [5.41, 5.74) is 8.73. The Bertz CT molecular complexity index is 789. The fourth-order valence-corrected chi connectivity index (χ4v) is 2.95. The van der Waals surface area contributed by atoms with Crippen LogP contribution in [0.1, 0.15) is 42.3 Å². The van der Waals surface area contributed by atoms with Gasteiger partial charge in [0.1, 0.15) is 5.75 Å². The smallest absolute Gasteiger partial charge is 0.185 e. The molecule has 0 heterocycles. The number of ether oxygens (including phenoxy) is 1. The van der Waals surface area contributed by atoms with Crippen molar-refractivity contribution < 1.29 is 9.53 Å². The molecule has 2 N–H and O–H groups in total. The fraction of sp³-hybridized carbons (Fsp3) is 0.250. The molecule has 0 aliphatic rings. The number of rotatable bonds is 4. The molecule has 0 aliphatic heterocycles. The lowest BCUT2D eigenvalue weighted by Gasteiger charge is -2.23. The largest absolute Gasteiger partial charge is 0.496 e. The molecule has 0 saturated carbocycles. The molecule has 4 heteroatoms. The van der Waals surface area contributed by atoms with E-state index in [1.165, 1.54) is 0 Å². The monoisotopic (exact) mass is 387 g/mol. The minimum Gasteiger partial charge on any atom is -0.496 e. The van der Waals surface area contributed by atoms with Crippen molar-refractivity contribution in [1.29, 1.82) is 0 Å². The maximum atomic E-state index is 12.3. The lowest BCUT2D eigenvalue weighted by Crippen LogP contribution is -2.13. The predicted molar refractivity (Wildman–Crippen MR) is 104 cm³/mol. The molecule has 0 aromatic heterocycles. The quantitative estimate of drug-likeness (QED) is 0.443. The lowest BCUT2D eigenvalue weighted by molar-refractivity contribution is 0.104. The van der Waals surface area contributed by atoms with E-state index in [-0.39, 0.29) is 11.2 Å². The van der Waals surface area contributed by atoms with E-state index in [0.717, 1.165) is 21.3 Å². The third-order valence-corrected chi connectivity index (χ3v) is 4.14. The molecule has 0 unspecified atom stereocenters. The van der Waals surface area contributed by atoms with Crippen molar-refractivity contribution in [3.63, 3.8) is 0 Å². The second-order valence-electron chi connectivity index (χ2n) is 6.65. The van der Waals surface area contributed by atoms with Crippen molar-refractivity contribution in [2.75, 3.05) is 12.8 Å². The summed E-state index contributed by atoms with van der Waals surface area (Å²) >= 11 is 3.54. The fourth-order valence-electron chi connectivity index (χ4n) is 2.48. The summed E-state index contributed by atoms with van der Waals surface area (Å²) in [6, 6.07) is 10.9. The van der Waals surface area contributed by atoms with Crippen molar-refractivity contribution in [2.45, 2.75) is 26.2 Å². The maximum Gasteiger partial charge on any atom is 0.185 e. The van der Waals surface area contributed by atoms with E-state index in [4.69, 9.17) is 10.5 Å². The van der Waals surface area contributed by atoms with Gasteiger partial charge in [-0.25, -0.2) is 0 Å². The molecule has 126 valence electrons. The summed E-state index contributed by atoms with van der Waals surface area (Å²) in [6.07, 6.45) is 3.33. The van der Waals surface area contributed by atoms with E-state index < -0.39 is 0 Å². The third-order valence-electron chi connectivity index (χ3n) is 3.68. The summed E-state index contributed by atoms with van der Waals surface area (Å²) in [5.74, 6) is 0.684. The Balaban J connectivity index is 2.42. The van der Waals surface area contributed by atoms with E-state index in [9.17, 15) is 4.79 Å². The van der Waals surface area contributed by atoms with Gasteiger partial charge in [-0.2, -0.15) is 0 Å². The Hall–Kier alpha value is -2.07. The number of methoxy groups -OCH3 is 1. The van der Waals surface area contributed by atoms with Crippen LogP contribution in [-0.4, -0.2) is 12.9 Å². The zero-order valence-electron chi connectivity index (χ0n) is 14.4. The van der Waals surface area contributed by atoms with Crippen LogP contribution in [0.4, 0.5) is 5.69 Å². The number of carbonyl (C=O) groups excluding carboxylic acids is 1. The highest BCUT2D eigenvalue weighted by Gasteiger charge is 2.21. The Kier molecular flexibility index (Phi) is 5.50. The topological polar surface area (TPSA) is 52.3 Å². The molecule has 0 aliphatic carbocycles. The van der Waals surface area contributed by atoms with Crippen molar-refractivity contribution >= 4 is 33.5 Å². The van der Waals surface area contributed by atoms with Gasteiger partial charge in [0.15, 0.2) is 5.78 Å². The zero-order valence-corrected chi connectivity index (χ0v) is 16.0. The minimum absolute atomic E-state index is 0.0738. The van der Waals surface area contributed by atoms with Crippen LogP contribution in [0.2, 0.25) is 0 Å². The van der Waals surface area contributed by atoms with E-state index >= 15 is 0 Å². The van der Waals surface area contributed by atoms with Gasteiger partial charge in [-0.3, -0.25) is 4.79 Å². The third kappa shape index (κ3) is 4.26. The second kappa shape index (κ2) is 7.22. The molecule has 0 radical (unpaired) electrons. The van der Waals surface area contributed by atoms with Crippen molar-refractivity contribution in [3.05, 3.63) is 63.6 Å². The summed E-state index contributed by atoms with van der Waals surface area (Å²) in [5, 5.41) is 0. The van der Waals surface area contributed by atoms with Gasteiger partial charge >= 0.3 is 0 Å². The number of ketones is 1. The van der Waals surface area contributed by atoms with Crippen molar-refractivity contribution in [1.82, 2.24) is 0 Å². The zero-order chi connectivity index (χ0) is 17.9. The number of carbonyl (C=O) groups is 1. The number of anilines is 1. The van der Waals surface area contributed by atoms with E-state index in [1.54, 1.807) is 43.5 Å². The number of halogens is 1. The molecule has 0 spiro atoms. The molecule has 0 amide bonds. The average Bonchev–Trinajstić information content (AvgIpc) is 2.51. The van der Waals surface area contributed by atoms with E-state index in [2.05, 4.69) is 42.8 Å². The molecule has 2 aromatic rings. The summed E-state index contributed by atoms with van der Waals surface area (Å²) in [6.45, 7) is 6.38. The predicted octanol–water partition coefficient (Wildman–Crippen LogP) is 5.23. The van der Waals surface area contributed by atoms with Crippen LogP contribution in [0, 0.1) is 0 Å². The van der Waals surface area contributed by atoms with Gasteiger partial charge < -0.3 is 10.5 Å². The van der Waals surface area contributed by atoms with Crippen LogP contribution in [-0.2, 0) is 5.41 Å². The molecule has 0 fully saturated rings. The number of hydrogen-bond acceptors (Lipinski definition) is 3. The average molecular weight is 388 g/mol. The molecule has 0 saturated heterocycles. The number of allylic oxidation sites excluding steroid dienone is 1. The Morgan fingerprint density at radius 1 is 1.21 bits per heavy atom. The lowest BCUT2D eigenvalue weighted by atomic mass is 9.85.